The largest absolute Gasteiger partial charge is 0.504 e. The van der Waals surface area contributed by atoms with Crippen molar-refractivity contribution in [2.24, 2.45) is 5.73 Å². The van der Waals surface area contributed by atoms with Crippen molar-refractivity contribution in [3.05, 3.63) is 23.8 Å². The molecule has 0 aromatic heterocycles. The lowest BCUT2D eigenvalue weighted by atomic mass is 9.98. The Morgan fingerprint density at radius 3 is 2.43 bits per heavy atom. The Balaban J connectivity index is 2.86. The second-order valence-corrected chi connectivity index (χ2v) is 5.16. The number of phenolic OH excluding ortho intramolecular Hbond substituents is 2. The molecule has 6 N–H and O–H groups in total. The zero-order chi connectivity index (χ0) is 16.2. The number of rotatable bonds is 6. The van der Waals surface area contributed by atoms with Crippen LogP contribution in [0.1, 0.15) is 25.8 Å². The first kappa shape index (κ1) is 16.8. The Bertz CT molecular complexity index is 542. The van der Waals surface area contributed by atoms with Crippen LogP contribution in [-0.2, 0) is 16.0 Å². The van der Waals surface area contributed by atoms with E-state index in [1.54, 1.807) is 6.92 Å². The summed E-state index contributed by atoms with van der Waals surface area (Å²) in [7, 11) is 0. The van der Waals surface area contributed by atoms with E-state index >= 15 is 0 Å². The number of carboxylic acids is 1. The van der Waals surface area contributed by atoms with Gasteiger partial charge in [0.05, 0.1) is 5.54 Å². The standard InChI is InChI=1S/C14H20N2O5/c1-3-14(2,15)13(21)16-9(12(19)20)6-8-4-5-10(17)11(18)7-8/h4-5,7,9,17-18H,3,6,15H2,1-2H3,(H,16,21)(H,19,20)/t9-,14?/m0/s1. The number of hydrogen-bond acceptors (Lipinski definition) is 5. The van der Waals surface area contributed by atoms with Gasteiger partial charge in [-0.1, -0.05) is 13.0 Å². The number of nitrogens with two attached hydrogens (primary N) is 1. The summed E-state index contributed by atoms with van der Waals surface area (Å²) < 4.78 is 0. The lowest BCUT2D eigenvalue weighted by Gasteiger charge is -2.24. The number of aromatic hydroxyl groups is 2. The van der Waals surface area contributed by atoms with Crippen LogP contribution in [0.15, 0.2) is 18.2 Å². The second kappa shape index (κ2) is 6.45. The molecule has 0 aliphatic heterocycles. The molecule has 0 heterocycles. The Kier molecular flexibility index (Phi) is 5.15. The van der Waals surface area contributed by atoms with Gasteiger partial charge in [-0.05, 0) is 31.0 Å². The van der Waals surface area contributed by atoms with Gasteiger partial charge in [-0.25, -0.2) is 4.79 Å². The number of aliphatic carboxylic acids is 1. The summed E-state index contributed by atoms with van der Waals surface area (Å²) >= 11 is 0. The minimum absolute atomic E-state index is 0.0330. The van der Waals surface area contributed by atoms with E-state index in [9.17, 15) is 24.9 Å². The summed E-state index contributed by atoms with van der Waals surface area (Å²) in [5.74, 6) is -2.40. The van der Waals surface area contributed by atoms with Crippen molar-refractivity contribution < 1.29 is 24.9 Å². The molecule has 21 heavy (non-hydrogen) atoms. The van der Waals surface area contributed by atoms with Crippen molar-refractivity contribution in [2.45, 2.75) is 38.3 Å². The first-order valence-corrected chi connectivity index (χ1v) is 6.51. The van der Waals surface area contributed by atoms with Gasteiger partial charge in [0.25, 0.3) is 0 Å². The van der Waals surface area contributed by atoms with Gasteiger partial charge in [-0.3, -0.25) is 4.79 Å². The van der Waals surface area contributed by atoms with E-state index < -0.39 is 23.5 Å². The molecule has 0 aliphatic rings. The van der Waals surface area contributed by atoms with Gasteiger partial charge >= 0.3 is 5.97 Å². The molecule has 116 valence electrons. The van der Waals surface area contributed by atoms with Gasteiger partial charge in [0, 0.05) is 6.42 Å². The van der Waals surface area contributed by atoms with Crippen LogP contribution in [0.25, 0.3) is 0 Å². The smallest absolute Gasteiger partial charge is 0.326 e. The topological polar surface area (TPSA) is 133 Å². The highest BCUT2D eigenvalue weighted by Crippen LogP contribution is 2.25. The van der Waals surface area contributed by atoms with E-state index in [0.717, 1.165) is 0 Å². The SMILES string of the molecule is CCC(C)(N)C(=O)N[C@@H](Cc1ccc(O)c(O)c1)C(=O)O. The summed E-state index contributed by atoms with van der Waals surface area (Å²) in [4.78, 5) is 23.2. The third kappa shape index (κ3) is 4.35. The highest BCUT2D eigenvalue weighted by molar-refractivity contribution is 5.89. The van der Waals surface area contributed by atoms with Crippen LogP contribution in [0, 0.1) is 0 Å². The van der Waals surface area contributed by atoms with E-state index in [-0.39, 0.29) is 17.9 Å². The van der Waals surface area contributed by atoms with E-state index in [1.165, 1.54) is 25.1 Å². The van der Waals surface area contributed by atoms with Crippen molar-refractivity contribution in [1.29, 1.82) is 0 Å². The quantitative estimate of drug-likeness (QED) is 0.481. The van der Waals surface area contributed by atoms with E-state index in [2.05, 4.69) is 5.32 Å². The fraction of sp³-hybridized carbons (Fsp3) is 0.429. The minimum Gasteiger partial charge on any atom is -0.504 e. The van der Waals surface area contributed by atoms with Crippen molar-refractivity contribution >= 4 is 11.9 Å². The van der Waals surface area contributed by atoms with Gasteiger partial charge in [0.15, 0.2) is 11.5 Å². The molecule has 0 saturated carbocycles. The molecule has 7 nitrogen and oxygen atoms in total. The number of phenols is 2. The number of amides is 1. The molecule has 1 unspecified atom stereocenters. The number of hydrogen-bond donors (Lipinski definition) is 5. The molecule has 1 aromatic carbocycles. The Morgan fingerprint density at radius 1 is 1.33 bits per heavy atom. The number of carbonyl (C=O) groups excluding carboxylic acids is 1. The minimum atomic E-state index is -1.21. The molecule has 0 saturated heterocycles. The summed E-state index contributed by atoms with van der Waals surface area (Å²) in [5.41, 5.74) is 5.09. The molecule has 0 aliphatic carbocycles. The van der Waals surface area contributed by atoms with Gasteiger partial charge in [0.1, 0.15) is 6.04 Å². The highest BCUT2D eigenvalue weighted by atomic mass is 16.4. The normalized spacial score (nSPS) is 15.0. The van der Waals surface area contributed by atoms with E-state index in [4.69, 9.17) is 5.73 Å². The van der Waals surface area contributed by atoms with Crippen molar-refractivity contribution in [3.8, 4) is 11.5 Å². The maximum Gasteiger partial charge on any atom is 0.326 e. The molecular formula is C14H20N2O5. The maximum atomic E-state index is 11.9. The maximum absolute atomic E-state index is 11.9. The number of carboxylic acid groups (broad SMARTS) is 1. The molecular weight excluding hydrogens is 276 g/mol. The molecule has 1 aromatic rings. The van der Waals surface area contributed by atoms with Crippen LogP contribution in [0.2, 0.25) is 0 Å². The average Bonchev–Trinajstić information content (AvgIpc) is 2.41. The third-order valence-electron chi connectivity index (χ3n) is 3.34. The predicted molar refractivity (Wildman–Crippen MR) is 75.9 cm³/mol. The fourth-order valence-corrected chi connectivity index (χ4v) is 1.62. The van der Waals surface area contributed by atoms with Crippen molar-refractivity contribution in [1.82, 2.24) is 5.32 Å². The molecule has 0 fully saturated rings. The van der Waals surface area contributed by atoms with Crippen LogP contribution >= 0.6 is 0 Å². The average molecular weight is 296 g/mol. The molecule has 1 amide bonds. The molecule has 7 heteroatoms. The Labute approximate surface area is 122 Å². The monoisotopic (exact) mass is 296 g/mol. The van der Waals surface area contributed by atoms with Gasteiger partial charge in [-0.15, -0.1) is 0 Å². The lowest BCUT2D eigenvalue weighted by molar-refractivity contribution is -0.142. The van der Waals surface area contributed by atoms with Crippen LogP contribution in [0.3, 0.4) is 0 Å². The summed E-state index contributed by atoms with van der Waals surface area (Å²) in [6, 6.07) is 2.80. The van der Waals surface area contributed by atoms with Gasteiger partial charge < -0.3 is 26.4 Å². The third-order valence-corrected chi connectivity index (χ3v) is 3.34. The first-order chi connectivity index (χ1) is 9.67. The molecule has 2 atom stereocenters. The van der Waals surface area contributed by atoms with E-state index in [0.29, 0.717) is 12.0 Å². The zero-order valence-corrected chi connectivity index (χ0v) is 12.0. The summed E-state index contributed by atoms with van der Waals surface area (Å²) in [5, 5.41) is 30.2. The van der Waals surface area contributed by atoms with Crippen molar-refractivity contribution in [3.63, 3.8) is 0 Å². The first-order valence-electron chi connectivity index (χ1n) is 6.51. The van der Waals surface area contributed by atoms with Crippen LogP contribution in [0.4, 0.5) is 0 Å². The highest BCUT2D eigenvalue weighted by Gasteiger charge is 2.30. The van der Waals surface area contributed by atoms with Gasteiger partial charge in [-0.2, -0.15) is 0 Å². The summed E-state index contributed by atoms with van der Waals surface area (Å²) in [6.07, 6.45) is 0.333. The molecule has 0 spiro atoms. The van der Waals surface area contributed by atoms with Crippen LogP contribution in [-0.4, -0.2) is 38.8 Å². The fourth-order valence-electron chi connectivity index (χ4n) is 1.62. The Morgan fingerprint density at radius 2 is 1.95 bits per heavy atom. The number of carbonyl (C=O) groups is 2. The number of benzene rings is 1. The second-order valence-electron chi connectivity index (χ2n) is 5.16. The molecule has 0 bridgehead atoms. The van der Waals surface area contributed by atoms with Gasteiger partial charge in [0.2, 0.25) is 5.91 Å². The zero-order valence-electron chi connectivity index (χ0n) is 12.0. The summed E-state index contributed by atoms with van der Waals surface area (Å²) in [6.45, 7) is 3.25. The molecule has 1 rings (SSSR count). The predicted octanol–water partition coefficient (Wildman–Crippen LogP) is 0.337. The lowest BCUT2D eigenvalue weighted by Crippen LogP contribution is -2.55. The van der Waals surface area contributed by atoms with Crippen LogP contribution in [0.5, 0.6) is 11.5 Å². The van der Waals surface area contributed by atoms with Crippen LogP contribution < -0.4 is 11.1 Å². The molecule has 0 radical (unpaired) electrons. The Hall–Kier alpha value is -2.28. The van der Waals surface area contributed by atoms with Crippen molar-refractivity contribution in [2.75, 3.05) is 0 Å². The van der Waals surface area contributed by atoms with E-state index in [1.807, 2.05) is 0 Å². The number of nitrogens with one attached hydrogen (secondary N) is 1.